The first-order valence-electron chi connectivity index (χ1n) is 9.90. The number of aryl methyl sites for hydroxylation is 1. The predicted octanol–water partition coefficient (Wildman–Crippen LogP) is 4.36. The Bertz CT molecular complexity index is 792. The third-order valence-electron chi connectivity index (χ3n) is 6.40. The van der Waals surface area contributed by atoms with Crippen LogP contribution in [0.4, 0.5) is 10.5 Å². The van der Waals surface area contributed by atoms with Gasteiger partial charge in [-0.1, -0.05) is 24.3 Å². The molecule has 1 aromatic carbocycles. The van der Waals surface area contributed by atoms with Crippen LogP contribution in [0, 0.1) is 0 Å². The molecule has 26 heavy (non-hydrogen) atoms. The average Bonchev–Trinajstić information content (AvgIpc) is 2.97. The zero-order valence-corrected chi connectivity index (χ0v) is 15.1. The van der Waals surface area contributed by atoms with Crippen molar-refractivity contribution in [3.63, 3.8) is 0 Å². The molecule has 4 heterocycles. The largest absolute Gasteiger partial charge is 0.324 e. The van der Waals surface area contributed by atoms with Crippen LogP contribution in [0.2, 0.25) is 0 Å². The minimum atomic E-state index is 0.226. The van der Waals surface area contributed by atoms with Crippen molar-refractivity contribution in [2.75, 3.05) is 11.4 Å². The summed E-state index contributed by atoms with van der Waals surface area (Å²) >= 11 is 0. The fraction of sp³-hybridized carbons (Fsp3) is 0.455. The summed E-state index contributed by atoms with van der Waals surface area (Å²) in [6.45, 7) is 0.843. The van der Waals surface area contributed by atoms with Gasteiger partial charge < -0.3 is 4.90 Å². The molecule has 4 nitrogen and oxygen atoms in total. The number of hydrogen-bond donors (Lipinski definition) is 0. The van der Waals surface area contributed by atoms with Gasteiger partial charge in [0.05, 0.1) is 0 Å². The second-order valence-electron chi connectivity index (χ2n) is 7.88. The molecule has 0 spiro atoms. The lowest BCUT2D eigenvalue weighted by molar-refractivity contribution is 0.142. The zero-order chi connectivity index (χ0) is 17.5. The molecule has 0 aliphatic carbocycles. The van der Waals surface area contributed by atoms with E-state index in [0.29, 0.717) is 18.0 Å². The van der Waals surface area contributed by atoms with E-state index >= 15 is 0 Å². The zero-order valence-electron chi connectivity index (χ0n) is 15.1. The molecule has 2 atom stereocenters. The summed E-state index contributed by atoms with van der Waals surface area (Å²) < 4.78 is 0. The van der Waals surface area contributed by atoms with Crippen LogP contribution in [0.1, 0.15) is 49.3 Å². The number of hydrogen-bond acceptors (Lipinski definition) is 2. The number of carbonyl (C=O) groups excluding carboxylic acids is 1. The fourth-order valence-electron chi connectivity index (χ4n) is 5.22. The van der Waals surface area contributed by atoms with Gasteiger partial charge in [-0.3, -0.25) is 9.88 Å². The van der Waals surface area contributed by atoms with E-state index in [1.165, 1.54) is 11.3 Å². The van der Waals surface area contributed by atoms with Gasteiger partial charge >= 0.3 is 6.03 Å². The standard InChI is InChI=1S/C22H25N3O/c26-22(24-13-5-7-16-6-1-2-9-21(16)24)25-18-10-11-19(25)15-17(14-18)20-8-3-4-12-23-20/h1-4,6,8-9,12,17-19H,5,7,10-11,13-15H2. The Balaban J connectivity index is 1.38. The number of fused-ring (bicyclic) bond motifs is 3. The second kappa shape index (κ2) is 6.42. The maximum atomic E-state index is 13.5. The molecule has 1 aromatic heterocycles. The lowest BCUT2D eigenvalue weighted by Crippen LogP contribution is -2.53. The number of carbonyl (C=O) groups is 1. The van der Waals surface area contributed by atoms with Crippen LogP contribution >= 0.6 is 0 Å². The minimum Gasteiger partial charge on any atom is -0.318 e. The van der Waals surface area contributed by atoms with E-state index in [0.717, 1.165) is 50.8 Å². The van der Waals surface area contributed by atoms with Crippen LogP contribution in [-0.2, 0) is 6.42 Å². The highest BCUT2D eigenvalue weighted by Gasteiger charge is 2.45. The Morgan fingerprint density at radius 1 is 1.00 bits per heavy atom. The number of benzene rings is 1. The van der Waals surface area contributed by atoms with E-state index in [-0.39, 0.29) is 6.03 Å². The highest BCUT2D eigenvalue weighted by molar-refractivity contribution is 5.94. The van der Waals surface area contributed by atoms with Crippen molar-refractivity contribution in [1.82, 2.24) is 9.88 Å². The van der Waals surface area contributed by atoms with E-state index in [4.69, 9.17) is 0 Å². The first-order valence-corrected chi connectivity index (χ1v) is 9.90. The Kier molecular flexibility index (Phi) is 3.92. The molecule has 2 fully saturated rings. The Hall–Kier alpha value is -2.36. The third-order valence-corrected chi connectivity index (χ3v) is 6.40. The number of nitrogens with zero attached hydrogens (tertiary/aromatic N) is 3. The molecule has 2 unspecified atom stereocenters. The van der Waals surface area contributed by atoms with Crippen LogP contribution in [0.15, 0.2) is 48.7 Å². The van der Waals surface area contributed by atoms with Crippen LogP contribution in [0.3, 0.4) is 0 Å². The molecular weight excluding hydrogens is 322 g/mol. The molecular formula is C22H25N3O. The summed E-state index contributed by atoms with van der Waals surface area (Å²) in [6.07, 6.45) is 8.39. The number of rotatable bonds is 1. The van der Waals surface area contributed by atoms with Gasteiger partial charge in [0.25, 0.3) is 0 Å². The highest BCUT2D eigenvalue weighted by atomic mass is 16.2. The quantitative estimate of drug-likeness (QED) is 0.768. The Labute approximate surface area is 154 Å². The topological polar surface area (TPSA) is 36.4 Å². The number of para-hydroxylation sites is 1. The van der Waals surface area contributed by atoms with Crippen molar-refractivity contribution in [1.29, 1.82) is 0 Å². The van der Waals surface area contributed by atoms with E-state index < -0.39 is 0 Å². The number of piperidine rings is 1. The van der Waals surface area contributed by atoms with Gasteiger partial charge in [-0.05, 0) is 62.3 Å². The third kappa shape index (κ3) is 2.59. The SMILES string of the molecule is O=C(N1CCCc2ccccc21)N1C2CCC1CC(c1ccccn1)C2. The van der Waals surface area contributed by atoms with Crippen molar-refractivity contribution >= 4 is 11.7 Å². The summed E-state index contributed by atoms with van der Waals surface area (Å²) in [5, 5.41) is 0. The van der Waals surface area contributed by atoms with E-state index in [1.807, 2.05) is 23.2 Å². The molecule has 0 saturated carbocycles. The van der Waals surface area contributed by atoms with Crippen LogP contribution in [0.25, 0.3) is 0 Å². The van der Waals surface area contributed by atoms with Gasteiger partial charge in [0.1, 0.15) is 0 Å². The van der Waals surface area contributed by atoms with Gasteiger partial charge in [-0.15, -0.1) is 0 Å². The van der Waals surface area contributed by atoms with Gasteiger partial charge in [0, 0.05) is 42.1 Å². The number of anilines is 1. The van der Waals surface area contributed by atoms with Crippen molar-refractivity contribution in [3.05, 3.63) is 59.9 Å². The van der Waals surface area contributed by atoms with E-state index in [1.54, 1.807) is 0 Å². The van der Waals surface area contributed by atoms with E-state index in [9.17, 15) is 4.79 Å². The molecule has 2 bridgehead atoms. The molecule has 4 heteroatoms. The van der Waals surface area contributed by atoms with E-state index in [2.05, 4.69) is 40.2 Å². The first kappa shape index (κ1) is 15.9. The number of pyridine rings is 1. The van der Waals surface area contributed by atoms with Gasteiger partial charge in [0.15, 0.2) is 0 Å². The summed E-state index contributed by atoms with van der Waals surface area (Å²) in [5.41, 5.74) is 3.62. The number of urea groups is 1. The van der Waals surface area contributed by atoms with Crippen LogP contribution in [0.5, 0.6) is 0 Å². The van der Waals surface area contributed by atoms with Crippen molar-refractivity contribution in [2.24, 2.45) is 0 Å². The summed E-state index contributed by atoms with van der Waals surface area (Å²) in [5.74, 6) is 0.492. The smallest absolute Gasteiger partial charge is 0.318 e. The summed E-state index contributed by atoms with van der Waals surface area (Å²) in [4.78, 5) is 22.3. The molecule has 2 saturated heterocycles. The molecule has 3 aliphatic rings. The molecule has 3 aliphatic heterocycles. The molecule has 2 amide bonds. The van der Waals surface area contributed by atoms with Crippen molar-refractivity contribution in [2.45, 2.75) is 56.5 Å². The molecule has 0 N–H and O–H groups in total. The molecule has 5 rings (SSSR count). The van der Waals surface area contributed by atoms with Crippen molar-refractivity contribution < 1.29 is 4.79 Å². The summed E-state index contributed by atoms with van der Waals surface area (Å²) in [7, 11) is 0. The minimum absolute atomic E-state index is 0.226. The maximum Gasteiger partial charge on any atom is 0.324 e. The lowest BCUT2D eigenvalue weighted by Gasteiger charge is -2.42. The maximum absolute atomic E-state index is 13.5. The van der Waals surface area contributed by atoms with Crippen molar-refractivity contribution in [3.8, 4) is 0 Å². The van der Waals surface area contributed by atoms with Gasteiger partial charge in [-0.25, -0.2) is 4.79 Å². The van der Waals surface area contributed by atoms with Crippen LogP contribution in [-0.4, -0.2) is 34.5 Å². The molecule has 134 valence electrons. The fourth-order valence-corrected chi connectivity index (χ4v) is 5.22. The van der Waals surface area contributed by atoms with Crippen LogP contribution < -0.4 is 4.90 Å². The van der Waals surface area contributed by atoms with Gasteiger partial charge in [0.2, 0.25) is 0 Å². The first-order chi connectivity index (χ1) is 12.8. The lowest BCUT2D eigenvalue weighted by atomic mass is 9.88. The molecule has 0 radical (unpaired) electrons. The highest BCUT2D eigenvalue weighted by Crippen LogP contribution is 2.43. The number of aromatic nitrogens is 1. The summed E-state index contributed by atoms with van der Waals surface area (Å²) in [6, 6.07) is 15.5. The monoisotopic (exact) mass is 347 g/mol. The normalized spacial score (nSPS) is 27.3. The Morgan fingerprint density at radius 3 is 2.54 bits per heavy atom. The second-order valence-corrected chi connectivity index (χ2v) is 7.88. The average molecular weight is 347 g/mol. The van der Waals surface area contributed by atoms with Gasteiger partial charge in [-0.2, -0.15) is 0 Å². The predicted molar refractivity (Wildman–Crippen MR) is 102 cm³/mol. The number of amides is 2. The Morgan fingerprint density at radius 2 is 1.77 bits per heavy atom. The molecule has 2 aromatic rings.